The second-order valence-electron chi connectivity index (χ2n) is 3.95. The monoisotopic (exact) mass is 269 g/mol. The fourth-order valence-corrected chi connectivity index (χ4v) is 2.02. The molecule has 1 fully saturated rings. The standard InChI is InChI=1S/C10H9BrFN3/c11-7-3-8(12)10-9(4-7)13-15(14-10)5-6-1-2-6/h3-4,6H,1-2,5H2. The third-order valence-electron chi connectivity index (χ3n) is 2.57. The van der Waals surface area contributed by atoms with Gasteiger partial charge in [0, 0.05) is 4.47 Å². The van der Waals surface area contributed by atoms with Gasteiger partial charge in [-0.3, -0.25) is 0 Å². The predicted octanol–water partition coefficient (Wildman–Crippen LogP) is 2.74. The summed E-state index contributed by atoms with van der Waals surface area (Å²) >= 11 is 3.24. The zero-order valence-electron chi connectivity index (χ0n) is 7.95. The fourth-order valence-electron chi connectivity index (χ4n) is 1.60. The van der Waals surface area contributed by atoms with Gasteiger partial charge in [0.05, 0.1) is 6.54 Å². The zero-order valence-corrected chi connectivity index (χ0v) is 9.54. The van der Waals surface area contributed by atoms with E-state index in [1.807, 2.05) is 0 Å². The molecule has 1 aliphatic carbocycles. The van der Waals surface area contributed by atoms with Crippen molar-refractivity contribution in [2.75, 3.05) is 0 Å². The molecule has 0 radical (unpaired) electrons. The van der Waals surface area contributed by atoms with Crippen molar-refractivity contribution in [1.29, 1.82) is 0 Å². The van der Waals surface area contributed by atoms with Gasteiger partial charge in [-0.1, -0.05) is 15.9 Å². The summed E-state index contributed by atoms with van der Waals surface area (Å²) in [5.74, 6) is 0.375. The number of aromatic nitrogens is 3. The SMILES string of the molecule is Fc1cc(Br)cc2nn(CC3CC3)nc12. The van der Waals surface area contributed by atoms with Crippen molar-refractivity contribution in [1.82, 2.24) is 15.0 Å². The Morgan fingerprint density at radius 3 is 2.93 bits per heavy atom. The third-order valence-corrected chi connectivity index (χ3v) is 3.02. The van der Waals surface area contributed by atoms with Crippen LogP contribution in [-0.4, -0.2) is 15.0 Å². The van der Waals surface area contributed by atoms with Crippen LogP contribution in [0.1, 0.15) is 12.8 Å². The quantitative estimate of drug-likeness (QED) is 0.840. The Balaban J connectivity index is 2.07. The number of benzene rings is 1. The predicted molar refractivity (Wildman–Crippen MR) is 57.9 cm³/mol. The van der Waals surface area contributed by atoms with Gasteiger partial charge >= 0.3 is 0 Å². The summed E-state index contributed by atoms with van der Waals surface area (Å²) in [6, 6.07) is 3.20. The van der Waals surface area contributed by atoms with Crippen LogP contribution in [0.3, 0.4) is 0 Å². The molecule has 0 N–H and O–H groups in total. The Hall–Kier alpha value is -0.970. The molecule has 5 heteroatoms. The summed E-state index contributed by atoms with van der Waals surface area (Å²) in [7, 11) is 0. The van der Waals surface area contributed by atoms with E-state index in [0.29, 0.717) is 21.4 Å². The van der Waals surface area contributed by atoms with Crippen LogP contribution < -0.4 is 0 Å². The van der Waals surface area contributed by atoms with Gasteiger partial charge in [0.25, 0.3) is 0 Å². The van der Waals surface area contributed by atoms with Crippen molar-refractivity contribution in [2.45, 2.75) is 19.4 Å². The van der Waals surface area contributed by atoms with E-state index in [1.165, 1.54) is 18.9 Å². The number of nitrogens with zero attached hydrogens (tertiary/aromatic N) is 3. The highest BCUT2D eigenvalue weighted by Gasteiger charge is 2.23. The maximum Gasteiger partial charge on any atom is 0.154 e. The van der Waals surface area contributed by atoms with Crippen LogP contribution in [0.4, 0.5) is 4.39 Å². The summed E-state index contributed by atoms with van der Waals surface area (Å²) in [4.78, 5) is 1.61. The van der Waals surface area contributed by atoms with Crippen molar-refractivity contribution in [2.24, 2.45) is 5.92 Å². The molecule has 1 heterocycles. The maximum atomic E-state index is 13.5. The minimum Gasteiger partial charge on any atom is -0.204 e. The summed E-state index contributed by atoms with van der Waals surface area (Å²) in [5.41, 5.74) is 0.973. The molecule has 1 aromatic heterocycles. The van der Waals surface area contributed by atoms with E-state index in [4.69, 9.17) is 0 Å². The largest absolute Gasteiger partial charge is 0.204 e. The molecule has 78 valence electrons. The number of halogens is 2. The van der Waals surface area contributed by atoms with Crippen LogP contribution >= 0.6 is 15.9 Å². The molecular formula is C10H9BrFN3. The van der Waals surface area contributed by atoms with Crippen LogP contribution in [0.25, 0.3) is 11.0 Å². The Labute approximate surface area is 94.4 Å². The molecule has 3 nitrogen and oxygen atoms in total. The maximum absolute atomic E-state index is 13.5. The Morgan fingerprint density at radius 1 is 1.40 bits per heavy atom. The summed E-state index contributed by atoms with van der Waals surface area (Å²) in [6.45, 7) is 0.811. The summed E-state index contributed by atoms with van der Waals surface area (Å²) in [6.07, 6.45) is 2.48. The average molecular weight is 270 g/mol. The molecule has 1 aliphatic rings. The van der Waals surface area contributed by atoms with Crippen molar-refractivity contribution >= 4 is 27.0 Å². The van der Waals surface area contributed by atoms with Crippen molar-refractivity contribution in [3.05, 3.63) is 22.4 Å². The lowest BCUT2D eigenvalue weighted by Gasteiger charge is -1.93. The number of fused-ring (bicyclic) bond motifs is 1. The number of rotatable bonds is 2. The first-order chi connectivity index (χ1) is 7.22. The van der Waals surface area contributed by atoms with Crippen LogP contribution in [0.2, 0.25) is 0 Å². The minimum atomic E-state index is -0.318. The first kappa shape index (κ1) is 9.27. The highest BCUT2D eigenvalue weighted by Crippen LogP contribution is 2.30. The van der Waals surface area contributed by atoms with Crippen LogP contribution in [-0.2, 0) is 6.54 Å². The summed E-state index contributed by atoms with van der Waals surface area (Å²) in [5, 5.41) is 8.39. The fraction of sp³-hybridized carbons (Fsp3) is 0.400. The Bertz CT molecular complexity index is 519. The molecule has 0 aliphatic heterocycles. The molecule has 0 saturated heterocycles. The molecule has 0 bridgehead atoms. The Morgan fingerprint density at radius 2 is 2.20 bits per heavy atom. The lowest BCUT2D eigenvalue weighted by Crippen LogP contribution is -2.03. The van der Waals surface area contributed by atoms with Crippen molar-refractivity contribution in [3.8, 4) is 0 Å². The lowest BCUT2D eigenvalue weighted by atomic mass is 10.3. The number of hydrogen-bond acceptors (Lipinski definition) is 2. The van der Waals surface area contributed by atoms with E-state index in [1.54, 1.807) is 10.9 Å². The van der Waals surface area contributed by atoms with E-state index < -0.39 is 0 Å². The first-order valence-electron chi connectivity index (χ1n) is 4.92. The molecule has 0 atom stereocenters. The van der Waals surface area contributed by atoms with E-state index in [9.17, 15) is 4.39 Å². The van der Waals surface area contributed by atoms with Crippen LogP contribution in [0, 0.1) is 11.7 Å². The molecule has 15 heavy (non-hydrogen) atoms. The van der Waals surface area contributed by atoms with Gasteiger partial charge in [-0.2, -0.15) is 15.0 Å². The highest BCUT2D eigenvalue weighted by atomic mass is 79.9. The molecule has 3 rings (SSSR count). The second kappa shape index (κ2) is 3.27. The van der Waals surface area contributed by atoms with E-state index in [2.05, 4.69) is 26.1 Å². The minimum absolute atomic E-state index is 0.318. The van der Waals surface area contributed by atoms with Gasteiger partial charge in [0.2, 0.25) is 0 Å². The van der Waals surface area contributed by atoms with Gasteiger partial charge in [0.15, 0.2) is 5.82 Å². The van der Waals surface area contributed by atoms with Crippen LogP contribution in [0.5, 0.6) is 0 Å². The second-order valence-corrected chi connectivity index (χ2v) is 4.87. The molecule has 1 saturated carbocycles. The normalized spacial score (nSPS) is 16.1. The lowest BCUT2D eigenvalue weighted by molar-refractivity contribution is 0.502. The van der Waals surface area contributed by atoms with Gasteiger partial charge in [-0.25, -0.2) is 4.39 Å². The molecule has 0 spiro atoms. The van der Waals surface area contributed by atoms with Gasteiger partial charge < -0.3 is 0 Å². The van der Waals surface area contributed by atoms with Gasteiger partial charge in [-0.15, -0.1) is 0 Å². The highest BCUT2D eigenvalue weighted by molar-refractivity contribution is 9.10. The van der Waals surface area contributed by atoms with E-state index in [-0.39, 0.29) is 5.82 Å². The smallest absolute Gasteiger partial charge is 0.154 e. The molecule has 1 aromatic carbocycles. The molecular weight excluding hydrogens is 261 g/mol. The summed E-state index contributed by atoms with van der Waals surface area (Å²) < 4.78 is 14.2. The van der Waals surface area contributed by atoms with Crippen molar-refractivity contribution < 1.29 is 4.39 Å². The van der Waals surface area contributed by atoms with Crippen molar-refractivity contribution in [3.63, 3.8) is 0 Å². The van der Waals surface area contributed by atoms with E-state index in [0.717, 1.165) is 6.54 Å². The number of hydrogen-bond donors (Lipinski definition) is 0. The van der Waals surface area contributed by atoms with Crippen LogP contribution in [0.15, 0.2) is 16.6 Å². The van der Waals surface area contributed by atoms with Gasteiger partial charge in [-0.05, 0) is 30.9 Å². The topological polar surface area (TPSA) is 30.7 Å². The first-order valence-corrected chi connectivity index (χ1v) is 5.71. The molecule has 2 aromatic rings. The molecule has 0 unspecified atom stereocenters. The van der Waals surface area contributed by atoms with Gasteiger partial charge in [0.1, 0.15) is 11.0 Å². The Kier molecular flexibility index (Phi) is 2.02. The molecule has 0 amide bonds. The average Bonchev–Trinajstić information content (AvgIpc) is 2.85. The zero-order chi connectivity index (χ0) is 10.4. The third kappa shape index (κ3) is 1.76. The van der Waals surface area contributed by atoms with E-state index >= 15 is 0 Å².